The van der Waals surface area contributed by atoms with Gasteiger partial charge in [0, 0.05) is 30.6 Å². The molecule has 6 aromatic rings. The van der Waals surface area contributed by atoms with Crippen LogP contribution >= 0.6 is 0 Å². The van der Waals surface area contributed by atoms with Gasteiger partial charge in [-0.05, 0) is 30.3 Å². The van der Waals surface area contributed by atoms with Crippen LogP contribution in [0.25, 0.3) is 27.6 Å². The number of aromatic nitrogens is 7. The van der Waals surface area contributed by atoms with Crippen LogP contribution in [0.1, 0.15) is 22.1 Å². The van der Waals surface area contributed by atoms with E-state index in [-0.39, 0.29) is 5.91 Å². The maximum atomic E-state index is 13.1. The molecule has 2 aromatic carbocycles. The molecule has 0 aliphatic rings. The molecule has 0 fully saturated rings. The van der Waals surface area contributed by atoms with Crippen LogP contribution in [0.4, 0.5) is 0 Å². The molecular formula is C25H22N8O2. The molecule has 0 bridgehead atoms. The number of methoxy groups -OCH3 is 1. The van der Waals surface area contributed by atoms with Gasteiger partial charge in [0.2, 0.25) is 0 Å². The van der Waals surface area contributed by atoms with E-state index in [1.165, 1.54) is 0 Å². The van der Waals surface area contributed by atoms with Crippen molar-refractivity contribution in [2.75, 3.05) is 13.7 Å². The van der Waals surface area contributed by atoms with E-state index in [0.717, 1.165) is 45.0 Å². The Hall–Kier alpha value is -4.73. The topological polar surface area (TPSA) is 115 Å². The molecule has 0 saturated heterocycles. The Morgan fingerprint density at radius 2 is 1.97 bits per heavy atom. The van der Waals surface area contributed by atoms with Crippen molar-refractivity contribution >= 4 is 33.5 Å². The monoisotopic (exact) mass is 466 g/mol. The number of rotatable bonds is 7. The van der Waals surface area contributed by atoms with Crippen LogP contribution in [-0.2, 0) is 13.0 Å². The minimum atomic E-state index is -0.233. The van der Waals surface area contributed by atoms with Crippen molar-refractivity contribution in [3.8, 4) is 5.75 Å². The maximum Gasteiger partial charge on any atom is 0.272 e. The number of para-hydroxylation sites is 1. The smallest absolute Gasteiger partial charge is 0.272 e. The Balaban J connectivity index is 1.22. The third-order valence-electron chi connectivity index (χ3n) is 5.93. The number of carbonyl (C=O) groups is 1. The number of hydrogen-bond donors (Lipinski definition) is 2. The predicted molar refractivity (Wildman–Crippen MR) is 131 cm³/mol. The van der Waals surface area contributed by atoms with Crippen molar-refractivity contribution in [3.63, 3.8) is 0 Å². The first-order valence-corrected chi connectivity index (χ1v) is 11.2. The van der Waals surface area contributed by atoms with Crippen LogP contribution in [-0.4, -0.2) is 53.9 Å². The van der Waals surface area contributed by atoms with E-state index in [1.807, 2.05) is 71.3 Å². The number of hydrogen-bond acceptors (Lipinski definition) is 6. The lowest BCUT2D eigenvalue weighted by Crippen LogP contribution is -2.27. The van der Waals surface area contributed by atoms with Crippen molar-refractivity contribution in [1.82, 2.24) is 39.7 Å². The number of imidazole rings is 1. The molecule has 2 N–H and O–H groups in total. The molecule has 1 amide bonds. The number of H-pyrrole nitrogens is 1. The summed E-state index contributed by atoms with van der Waals surface area (Å²) < 4.78 is 9.01. The number of fused-ring (bicyclic) bond motifs is 3. The van der Waals surface area contributed by atoms with Crippen molar-refractivity contribution in [2.24, 2.45) is 0 Å². The van der Waals surface area contributed by atoms with Gasteiger partial charge in [-0.3, -0.25) is 13.9 Å². The van der Waals surface area contributed by atoms with Crippen molar-refractivity contribution in [1.29, 1.82) is 0 Å². The fourth-order valence-electron chi connectivity index (χ4n) is 4.23. The number of nitrogens with zero attached hydrogens (tertiary/aromatic N) is 6. The lowest BCUT2D eigenvalue weighted by atomic mass is 10.2. The predicted octanol–water partition coefficient (Wildman–Crippen LogP) is 2.98. The molecule has 174 valence electrons. The summed E-state index contributed by atoms with van der Waals surface area (Å²) in [5, 5.41) is 16.8. The second-order valence-electron chi connectivity index (χ2n) is 8.14. The summed E-state index contributed by atoms with van der Waals surface area (Å²) >= 11 is 0. The number of aromatic amines is 1. The van der Waals surface area contributed by atoms with Gasteiger partial charge in [0.15, 0.2) is 11.3 Å². The Morgan fingerprint density at radius 1 is 1.09 bits per heavy atom. The first-order valence-electron chi connectivity index (χ1n) is 11.2. The first-order chi connectivity index (χ1) is 17.2. The summed E-state index contributed by atoms with van der Waals surface area (Å²) in [6.45, 7) is 0.817. The summed E-state index contributed by atoms with van der Waals surface area (Å²) in [7, 11) is 1.63. The Kier molecular flexibility index (Phi) is 5.10. The van der Waals surface area contributed by atoms with E-state index in [2.05, 4.69) is 30.6 Å². The van der Waals surface area contributed by atoms with Gasteiger partial charge in [-0.1, -0.05) is 24.3 Å². The third-order valence-corrected chi connectivity index (χ3v) is 5.93. The fourth-order valence-corrected chi connectivity index (χ4v) is 4.23. The Morgan fingerprint density at radius 3 is 2.89 bits per heavy atom. The molecule has 0 atom stereocenters. The number of ether oxygens (including phenoxy) is 1. The minimum absolute atomic E-state index is 0.233. The minimum Gasteiger partial charge on any atom is -0.497 e. The zero-order valence-electron chi connectivity index (χ0n) is 19.0. The molecule has 4 heterocycles. The van der Waals surface area contributed by atoms with Crippen LogP contribution in [0.15, 0.2) is 66.9 Å². The van der Waals surface area contributed by atoms with E-state index in [9.17, 15) is 4.79 Å². The molecule has 10 heteroatoms. The number of benzene rings is 2. The zero-order chi connectivity index (χ0) is 23.8. The highest BCUT2D eigenvalue weighted by molar-refractivity contribution is 6.04. The number of pyridine rings is 1. The number of nitrogens with one attached hydrogen (secondary N) is 2. The van der Waals surface area contributed by atoms with Crippen molar-refractivity contribution in [3.05, 3.63) is 84.2 Å². The summed E-state index contributed by atoms with van der Waals surface area (Å²) in [5.74, 6) is 2.06. The molecule has 0 spiro atoms. The average molecular weight is 467 g/mol. The molecule has 0 aliphatic carbocycles. The van der Waals surface area contributed by atoms with Crippen LogP contribution in [0.2, 0.25) is 0 Å². The van der Waals surface area contributed by atoms with Gasteiger partial charge >= 0.3 is 0 Å². The highest BCUT2D eigenvalue weighted by atomic mass is 16.5. The number of carbonyl (C=O) groups excluding carboxylic acids is 1. The van der Waals surface area contributed by atoms with Crippen LogP contribution in [0.5, 0.6) is 5.75 Å². The van der Waals surface area contributed by atoms with Gasteiger partial charge in [-0.2, -0.15) is 5.10 Å². The quantitative estimate of drug-likeness (QED) is 0.374. The lowest BCUT2D eigenvalue weighted by molar-refractivity contribution is 0.0949. The normalized spacial score (nSPS) is 11.5. The summed E-state index contributed by atoms with van der Waals surface area (Å²) in [5.41, 5.74) is 3.75. The largest absolute Gasteiger partial charge is 0.497 e. The van der Waals surface area contributed by atoms with E-state index in [1.54, 1.807) is 11.8 Å². The molecular weight excluding hydrogens is 444 g/mol. The summed E-state index contributed by atoms with van der Waals surface area (Å²) in [6, 6.07) is 19.1. The van der Waals surface area contributed by atoms with Crippen LogP contribution in [0, 0.1) is 0 Å². The van der Waals surface area contributed by atoms with E-state index in [0.29, 0.717) is 25.2 Å². The standard InChI is InChI=1S/C25H22N8O2/c1-35-16-9-10-18-19(14-16)28-21(27-18)15-33-20-7-3-2-6-17(20)24(31-33)25(34)26-12-11-23-30-29-22-8-4-5-13-32(22)23/h2-10,13-14H,11-12,15H2,1H3,(H,26,34)(H,27,28). The molecule has 10 nitrogen and oxygen atoms in total. The maximum absolute atomic E-state index is 13.1. The molecule has 4 aromatic heterocycles. The van der Waals surface area contributed by atoms with Gasteiger partial charge in [-0.15, -0.1) is 10.2 Å². The van der Waals surface area contributed by atoms with Gasteiger partial charge in [0.1, 0.15) is 17.4 Å². The van der Waals surface area contributed by atoms with Gasteiger partial charge < -0.3 is 15.0 Å². The molecule has 0 aliphatic heterocycles. The second kappa shape index (κ2) is 8.56. The lowest BCUT2D eigenvalue weighted by Gasteiger charge is -2.03. The highest BCUT2D eigenvalue weighted by Gasteiger charge is 2.18. The first kappa shape index (κ1) is 20.8. The molecule has 0 unspecified atom stereocenters. The van der Waals surface area contributed by atoms with E-state index >= 15 is 0 Å². The average Bonchev–Trinajstić information content (AvgIpc) is 3.59. The van der Waals surface area contributed by atoms with Gasteiger partial charge in [-0.25, -0.2) is 4.98 Å². The van der Waals surface area contributed by atoms with Gasteiger partial charge in [0.25, 0.3) is 5.91 Å². The van der Waals surface area contributed by atoms with Crippen molar-refractivity contribution < 1.29 is 9.53 Å². The highest BCUT2D eigenvalue weighted by Crippen LogP contribution is 2.22. The Bertz CT molecular complexity index is 1680. The third kappa shape index (κ3) is 3.84. The van der Waals surface area contributed by atoms with Crippen LogP contribution < -0.4 is 10.1 Å². The van der Waals surface area contributed by atoms with Crippen LogP contribution in [0.3, 0.4) is 0 Å². The summed E-state index contributed by atoms with van der Waals surface area (Å²) in [4.78, 5) is 21.0. The Labute approximate surface area is 199 Å². The number of amides is 1. The molecule has 6 rings (SSSR count). The van der Waals surface area contributed by atoms with Crippen molar-refractivity contribution in [2.45, 2.75) is 13.0 Å². The SMILES string of the molecule is COc1ccc2nc(Cn3nc(C(=O)NCCc4nnc5ccccn45)c4ccccc43)[nH]c2c1. The van der Waals surface area contributed by atoms with E-state index in [4.69, 9.17) is 4.74 Å². The van der Waals surface area contributed by atoms with E-state index < -0.39 is 0 Å². The molecule has 0 saturated carbocycles. The molecule has 35 heavy (non-hydrogen) atoms. The summed E-state index contributed by atoms with van der Waals surface area (Å²) in [6.07, 6.45) is 2.47. The fraction of sp³-hybridized carbons (Fsp3) is 0.160. The molecule has 0 radical (unpaired) electrons. The zero-order valence-corrected chi connectivity index (χ0v) is 19.0. The second-order valence-corrected chi connectivity index (χ2v) is 8.14. The van der Waals surface area contributed by atoms with Gasteiger partial charge in [0.05, 0.1) is 30.2 Å².